The second-order valence-corrected chi connectivity index (χ2v) is 7.02. The lowest BCUT2D eigenvalue weighted by Gasteiger charge is -2.35. The number of carbonyl (C=O) groups excluding carboxylic acids is 1. The van der Waals surface area contributed by atoms with Gasteiger partial charge in [0, 0.05) is 31.1 Å². The molecule has 0 heterocycles. The monoisotopic (exact) mass is 341 g/mol. The molecule has 0 saturated carbocycles. The summed E-state index contributed by atoms with van der Waals surface area (Å²) in [5.74, 6) is 0.267. The summed E-state index contributed by atoms with van der Waals surface area (Å²) in [5, 5.41) is 0. The van der Waals surface area contributed by atoms with Crippen molar-refractivity contribution < 1.29 is 4.79 Å². The van der Waals surface area contributed by atoms with Crippen molar-refractivity contribution >= 4 is 5.78 Å². The zero-order valence-corrected chi connectivity index (χ0v) is 14.8. The highest BCUT2D eigenvalue weighted by atomic mass is 16.1. The van der Waals surface area contributed by atoms with Crippen LogP contribution in [0.1, 0.15) is 33.5 Å². The van der Waals surface area contributed by atoms with Gasteiger partial charge in [0.05, 0.1) is 0 Å². The molecule has 0 radical (unpaired) electrons. The van der Waals surface area contributed by atoms with Crippen LogP contribution in [-0.4, -0.2) is 16.7 Å². The van der Waals surface area contributed by atoms with Crippen molar-refractivity contribution in [2.24, 2.45) is 0 Å². The van der Waals surface area contributed by atoms with Gasteiger partial charge in [-0.25, -0.2) is 0 Å². The minimum Gasteiger partial charge on any atom is -0.294 e. The number of hydrogen-bond acceptors (Lipinski definition) is 2. The summed E-state index contributed by atoms with van der Waals surface area (Å²) in [7, 11) is 0. The molecule has 130 valence electrons. The third-order valence-electron chi connectivity index (χ3n) is 5.17. The van der Waals surface area contributed by atoms with E-state index in [-0.39, 0.29) is 11.8 Å². The normalized spacial score (nSPS) is 16.5. The Labute approximate surface area is 155 Å². The summed E-state index contributed by atoms with van der Waals surface area (Å²) in [6, 6.07) is 29.4. The summed E-state index contributed by atoms with van der Waals surface area (Å²) in [6.45, 7) is 1.71. The molecule has 0 aliphatic heterocycles. The van der Waals surface area contributed by atoms with Crippen molar-refractivity contribution in [3.05, 3.63) is 107 Å². The van der Waals surface area contributed by atoms with E-state index in [2.05, 4.69) is 59.5 Å². The first-order valence-electron chi connectivity index (χ1n) is 9.22. The zero-order chi connectivity index (χ0) is 17.8. The van der Waals surface area contributed by atoms with Crippen molar-refractivity contribution in [2.75, 3.05) is 0 Å². The van der Waals surface area contributed by atoms with Gasteiger partial charge in [0.25, 0.3) is 0 Å². The van der Waals surface area contributed by atoms with Crippen LogP contribution >= 0.6 is 0 Å². The SMILES string of the molecule is O=C1C[C@H](N(Cc2ccccc2)Cc2ccccc2)Cc2ccccc21. The van der Waals surface area contributed by atoms with Gasteiger partial charge in [0.1, 0.15) is 0 Å². The van der Waals surface area contributed by atoms with E-state index in [0.717, 1.165) is 25.1 Å². The number of ketones is 1. The molecule has 1 atom stereocenters. The first-order chi connectivity index (χ1) is 12.8. The van der Waals surface area contributed by atoms with E-state index in [0.29, 0.717) is 6.42 Å². The molecule has 1 aliphatic carbocycles. The van der Waals surface area contributed by atoms with Crippen LogP contribution in [0.2, 0.25) is 0 Å². The van der Waals surface area contributed by atoms with E-state index in [4.69, 9.17) is 0 Å². The highest BCUT2D eigenvalue weighted by molar-refractivity contribution is 5.99. The topological polar surface area (TPSA) is 20.3 Å². The van der Waals surface area contributed by atoms with Gasteiger partial charge in [0.15, 0.2) is 5.78 Å². The van der Waals surface area contributed by atoms with E-state index in [9.17, 15) is 4.79 Å². The fourth-order valence-corrected chi connectivity index (χ4v) is 3.83. The Kier molecular flexibility index (Phi) is 4.94. The van der Waals surface area contributed by atoms with Crippen molar-refractivity contribution in [1.82, 2.24) is 4.90 Å². The minimum absolute atomic E-state index is 0.234. The van der Waals surface area contributed by atoms with Gasteiger partial charge in [-0.15, -0.1) is 0 Å². The molecule has 0 aromatic heterocycles. The van der Waals surface area contributed by atoms with Crippen LogP contribution in [-0.2, 0) is 19.5 Å². The van der Waals surface area contributed by atoms with Crippen LogP contribution in [0.15, 0.2) is 84.9 Å². The average Bonchev–Trinajstić information content (AvgIpc) is 2.69. The molecular weight excluding hydrogens is 318 g/mol. The lowest BCUT2D eigenvalue weighted by Crippen LogP contribution is -2.40. The molecule has 0 saturated heterocycles. The standard InChI is InChI=1S/C24H23NO/c26-24-16-22(15-21-13-7-8-14-23(21)24)25(17-19-9-3-1-4-10-19)18-20-11-5-2-6-12-20/h1-14,22H,15-18H2/t22-/m1/s1. The van der Waals surface area contributed by atoms with E-state index in [1.54, 1.807) is 0 Å². The molecule has 0 N–H and O–H groups in total. The van der Waals surface area contributed by atoms with Crippen molar-refractivity contribution in [2.45, 2.75) is 32.0 Å². The largest absolute Gasteiger partial charge is 0.294 e. The summed E-state index contributed by atoms with van der Waals surface area (Å²) >= 11 is 0. The van der Waals surface area contributed by atoms with Gasteiger partial charge in [-0.2, -0.15) is 0 Å². The van der Waals surface area contributed by atoms with Gasteiger partial charge < -0.3 is 0 Å². The van der Waals surface area contributed by atoms with Crippen molar-refractivity contribution in [3.8, 4) is 0 Å². The third kappa shape index (κ3) is 3.76. The van der Waals surface area contributed by atoms with Crippen LogP contribution in [0.4, 0.5) is 0 Å². The zero-order valence-electron chi connectivity index (χ0n) is 14.8. The Morgan fingerprint density at radius 3 is 1.85 bits per heavy atom. The highest BCUT2D eigenvalue weighted by Gasteiger charge is 2.29. The Bertz CT molecular complexity index is 831. The fourth-order valence-electron chi connectivity index (χ4n) is 3.83. The predicted molar refractivity (Wildman–Crippen MR) is 105 cm³/mol. The second kappa shape index (κ2) is 7.67. The number of carbonyl (C=O) groups is 1. The van der Waals surface area contributed by atoms with E-state index < -0.39 is 0 Å². The summed E-state index contributed by atoms with van der Waals surface area (Å²) in [5.41, 5.74) is 4.66. The molecule has 0 unspecified atom stereocenters. The van der Waals surface area contributed by atoms with Gasteiger partial charge in [-0.3, -0.25) is 9.69 Å². The quantitative estimate of drug-likeness (QED) is 0.659. The fraction of sp³-hybridized carbons (Fsp3) is 0.208. The summed E-state index contributed by atoms with van der Waals surface area (Å²) < 4.78 is 0. The second-order valence-electron chi connectivity index (χ2n) is 7.02. The molecule has 2 heteroatoms. The van der Waals surface area contributed by atoms with E-state index >= 15 is 0 Å². The smallest absolute Gasteiger partial charge is 0.164 e. The lowest BCUT2D eigenvalue weighted by molar-refractivity contribution is 0.0877. The molecule has 26 heavy (non-hydrogen) atoms. The van der Waals surface area contributed by atoms with E-state index in [1.807, 2.05) is 30.3 Å². The number of nitrogens with zero attached hydrogens (tertiary/aromatic N) is 1. The van der Waals surface area contributed by atoms with Crippen LogP contribution in [0.3, 0.4) is 0 Å². The van der Waals surface area contributed by atoms with Crippen LogP contribution in [0.25, 0.3) is 0 Å². The van der Waals surface area contributed by atoms with Crippen LogP contribution in [0, 0.1) is 0 Å². The molecule has 3 aromatic rings. The number of Topliss-reactive ketones (excluding diaryl/α,β-unsaturated/α-hetero) is 1. The highest BCUT2D eigenvalue weighted by Crippen LogP contribution is 2.27. The van der Waals surface area contributed by atoms with Gasteiger partial charge >= 0.3 is 0 Å². The molecule has 3 aromatic carbocycles. The Hall–Kier alpha value is -2.71. The number of rotatable bonds is 5. The van der Waals surface area contributed by atoms with E-state index in [1.165, 1.54) is 16.7 Å². The maximum atomic E-state index is 12.7. The Morgan fingerprint density at radius 2 is 1.23 bits per heavy atom. The van der Waals surface area contributed by atoms with Crippen LogP contribution < -0.4 is 0 Å². The number of benzene rings is 3. The maximum Gasteiger partial charge on any atom is 0.164 e. The van der Waals surface area contributed by atoms with Crippen molar-refractivity contribution in [3.63, 3.8) is 0 Å². The molecule has 1 aliphatic rings. The predicted octanol–water partition coefficient (Wildman–Crippen LogP) is 4.89. The molecule has 4 rings (SSSR count). The average molecular weight is 341 g/mol. The number of hydrogen-bond donors (Lipinski definition) is 0. The first kappa shape index (κ1) is 16.7. The Morgan fingerprint density at radius 1 is 0.692 bits per heavy atom. The van der Waals surface area contributed by atoms with Crippen molar-refractivity contribution in [1.29, 1.82) is 0 Å². The maximum absolute atomic E-state index is 12.7. The lowest BCUT2D eigenvalue weighted by atomic mass is 9.86. The van der Waals surface area contributed by atoms with Gasteiger partial charge in [-0.05, 0) is 23.1 Å². The summed E-state index contributed by atoms with van der Waals surface area (Å²) in [6.07, 6.45) is 1.53. The molecule has 0 fully saturated rings. The molecule has 0 spiro atoms. The first-order valence-corrected chi connectivity index (χ1v) is 9.22. The minimum atomic E-state index is 0.234. The number of fused-ring (bicyclic) bond motifs is 1. The van der Waals surface area contributed by atoms with Gasteiger partial charge in [-0.1, -0.05) is 84.9 Å². The molecule has 0 bridgehead atoms. The molecular formula is C24H23NO. The molecule has 2 nitrogen and oxygen atoms in total. The Balaban J connectivity index is 1.61. The molecule has 0 amide bonds. The summed E-state index contributed by atoms with van der Waals surface area (Å²) in [4.78, 5) is 15.1. The van der Waals surface area contributed by atoms with Crippen LogP contribution in [0.5, 0.6) is 0 Å². The van der Waals surface area contributed by atoms with Gasteiger partial charge in [0.2, 0.25) is 0 Å². The third-order valence-corrected chi connectivity index (χ3v) is 5.17.